The van der Waals surface area contributed by atoms with E-state index in [1.807, 2.05) is 42.5 Å². The Hall–Kier alpha value is -3.15. The van der Waals surface area contributed by atoms with Gasteiger partial charge in [0, 0.05) is 26.7 Å². The minimum atomic E-state index is -0.259. The van der Waals surface area contributed by atoms with Crippen LogP contribution >= 0.6 is 11.6 Å². The zero-order valence-electron chi connectivity index (χ0n) is 13.8. The topological polar surface area (TPSA) is 103 Å². The van der Waals surface area contributed by atoms with Crippen LogP contribution in [0.4, 0.5) is 5.69 Å². The maximum atomic E-state index is 11.7. The Bertz CT molecular complexity index is 932. The second kappa shape index (κ2) is 8.29. The van der Waals surface area contributed by atoms with E-state index in [0.29, 0.717) is 17.4 Å². The zero-order chi connectivity index (χ0) is 18.4. The molecule has 0 spiro atoms. The summed E-state index contributed by atoms with van der Waals surface area (Å²) in [5, 5.41) is 7.08. The van der Waals surface area contributed by atoms with Crippen molar-refractivity contribution < 1.29 is 4.79 Å². The number of nitrogens with zero attached hydrogens (tertiary/aromatic N) is 5. The molecule has 0 saturated carbocycles. The van der Waals surface area contributed by atoms with E-state index in [0.717, 1.165) is 22.5 Å². The Labute approximate surface area is 155 Å². The zero-order valence-corrected chi connectivity index (χ0v) is 14.5. The average Bonchev–Trinajstić information content (AvgIpc) is 2.84. The summed E-state index contributed by atoms with van der Waals surface area (Å²) in [7, 11) is 0. The summed E-state index contributed by atoms with van der Waals surface area (Å²) < 4.78 is 0. The van der Waals surface area contributed by atoms with Crippen LogP contribution < -0.4 is 5.32 Å². The number of Topliss-reactive ketones (excluding diaryl/α,β-unsaturated/α-hetero) is 1. The van der Waals surface area contributed by atoms with E-state index in [1.54, 1.807) is 6.07 Å². The summed E-state index contributed by atoms with van der Waals surface area (Å²) in [5.74, 6) is 0.304. The summed E-state index contributed by atoms with van der Waals surface area (Å²) in [4.78, 5) is 23.2. The number of hydrogen-bond acceptors (Lipinski definition) is 4. The lowest BCUT2D eigenvalue weighted by Crippen LogP contribution is -2.18. The Morgan fingerprint density at radius 2 is 2.04 bits per heavy atom. The van der Waals surface area contributed by atoms with Crippen LogP contribution in [0.2, 0.25) is 5.02 Å². The second-order valence-corrected chi connectivity index (χ2v) is 5.97. The first-order valence-corrected chi connectivity index (χ1v) is 8.28. The number of nitrogens with one attached hydrogen (secondary N) is 1. The molecule has 0 radical (unpaired) electrons. The minimum absolute atomic E-state index is 0.0690. The normalized spacial score (nSPS) is 14.5. The molecule has 0 amide bonds. The molecule has 0 aromatic heterocycles. The maximum absolute atomic E-state index is 11.7. The van der Waals surface area contributed by atoms with E-state index in [4.69, 9.17) is 17.1 Å². The highest BCUT2D eigenvalue weighted by atomic mass is 35.5. The van der Waals surface area contributed by atoms with Crippen LogP contribution in [-0.4, -0.2) is 37.0 Å². The lowest BCUT2D eigenvalue weighted by molar-refractivity contribution is -0.116. The Balaban J connectivity index is 1.94. The predicted octanol–water partition coefficient (Wildman–Crippen LogP) is 3.88. The molecule has 0 unspecified atom stereocenters. The van der Waals surface area contributed by atoms with Gasteiger partial charge in [0.15, 0.2) is 5.78 Å². The fourth-order valence-corrected chi connectivity index (χ4v) is 2.70. The largest absolute Gasteiger partial charge is 0.342 e. The molecule has 1 heterocycles. The third-order valence-corrected chi connectivity index (χ3v) is 3.94. The van der Waals surface area contributed by atoms with E-state index in [1.165, 1.54) is 0 Å². The number of anilines is 1. The lowest BCUT2D eigenvalue weighted by atomic mass is 10.0. The van der Waals surface area contributed by atoms with Gasteiger partial charge in [-0.3, -0.25) is 14.8 Å². The number of benzodiazepines with no additional fused rings is 1. The molecule has 0 saturated heterocycles. The molecule has 1 aliphatic heterocycles. The number of halogens is 1. The number of ketones is 1. The molecule has 8 heteroatoms. The van der Waals surface area contributed by atoms with E-state index >= 15 is 0 Å². The van der Waals surface area contributed by atoms with Gasteiger partial charge in [0.25, 0.3) is 0 Å². The molecular weight excluding hydrogens is 352 g/mol. The predicted molar refractivity (Wildman–Crippen MR) is 103 cm³/mol. The fourth-order valence-electron chi connectivity index (χ4n) is 2.53. The van der Waals surface area contributed by atoms with Gasteiger partial charge in [0.1, 0.15) is 5.84 Å². The summed E-state index contributed by atoms with van der Waals surface area (Å²) in [6.07, 6.45) is 0. The summed E-state index contributed by atoms with van der Waals surface area (Å²) >= 11 is 6.17. The first kappa shape index (κ1) is 17.7. The van der Waals surface area contributed by atoms with Crippen LogP contribution in [0.25, 0.3) is 10.4 Å². The molecule has 0 atom stereocenters. The van der Waals surface area contributed by atoms with Crippen LogP contribution in [0.5, 0.6) is 0 Å². The molecule has 2 aromatic carbocycles. The number of benzene rings is 2. The molecule has 0 aliphatic carbocycles. The summed E-state index contributed by atoms with van der Waals surface area (Å²) in [6.45, 7) is 0.0177. The Kier molecular flexibility index (Phi) is 5.63. The highest BCUT2D eigenvalue weighted by Gasteiger charge is 2.17. The van der Waals surface area contributed by atoms with Gasteiger partial charge in [-0.05, 0) is 23.7 Å². The number of amidine groups is 1. The molecule has 1 N–H and O–H groups in total. The van der Waals surface area contributed by atoms with Gasteiger partial charge in [0.05, 0.1) is 25.3 Å². The number of rotatable bonds is 5. The number of azide groups is 1. The van der Waals surface area contributed by atoms with Crippen molar-refractivity contribution in [3.8, 4) is 0 Å². The van der Waals surface area contributed by atoms with E-state index in [2.05, 4.69) is 25.3 Å². The summed E-state index contributed by atoms with van der Waals surface area (Å²) in [5.41, 5.74) is 11.7. The van der Waals surface area contributed by atoms with Crippen molar-refractivity contribution in [2.24, 2.45) is 15.1 Å². The van der Waals surface area contributed by atoms with Gasteiger partial charge < -0.3 is 5.32 Å². The Morgan fingerprint density at radius 1 is 1.23 bits per heavy atom. The van der Waals surface area contributed by atoms with E-state index in [9.17, 15) is 4.79 Å². The quantitative estimate of drug-likeness (QED) is 0.493. The molecule has 0 fully saturated rings. The highest BCUT2D eigenvalue weighted by Crippen LogP contribution is 2.26. The van der Waals surface area contributed by atoms with Gasteiger partial charge in [-0.1, -0.05) is 47.0 Å². The number of hydrogen-bond donors (Lipinski definition) is 1. The molecule has 26 heavy (non-hydrogen) atoms. The van der Waals surface area contributed by atoms with Gasteiger partial charge in [-0.2, -0.15) is 0 Å². The lowest BCUT2D eigenvalue weighted by Gasteiger charge is -2.11. The van der Waals surface area contributed by atoms with Crippen molar-refractivity contribution in [1.82, 2.24) is 0 Å². The van der Waals surface area contributed by atoms with Crippen molar-refractivity contribution in [2.45, 2.75) is 0 Å². The van der Waals surface area contributed by atoms with Crippen molar-refractivity contribution in [3.05, 3.63) is 75.1 Å². The monoisotopic (exact) mass is 366 g/mol. The molecule has 1 aliphatic rings. The maximum Gasteiger partial charge on any atom is 0.160 e. The second-order valence-electron chi connectivity index (χ2n) is 5.54. The molecule has 3 rings (SSSR count). The van der Waals surface area contributed by atoms with E-state index < -0.39 is 0 Å². The standard InChI is InChI=1S/C18H15ClN6O/c19-13-6-7-16-15(8-13)18(12-4-2-1-3-5-12)22-11-17(24-16)21-9-14(26)10-23-25-20/h1-8H,9-11H2,(H,21,24). The number of aliphatic imine (C=N–C) groups is 2. The number of carbonyl (C=O) groups is 1. The van der Waals surface area contributed by atoms with Crippen LogP contribution in [0.15, 0.2) is 63.6 Å². The fraction of sp³-hybridized carbons (Fsp3) is 0.167. The van der Waals surface area contributed by atoms with Crippen molar-refractivity contribution >= 4 is 34.6 Å². The van der Waals surface area contributed by atoms with Gasteiger partial charge >= 0.3 is 0 Å². The molecule has 2 aromatic rings. The first-order chi connectivity index (χ1) is 12.7. The van der Waals surface area contributed by atoms with Crippen LogP contribution in [0.1, 0.15) is 11.1 Å². The SMILES string of the molecule is [N-]=[N+]=NCC(=O)CN=C1CN=C(c2ccccc2)c2cc(Cl)ccc2N1. The van der Waals surface area contributed by atoms with Crippen molar-refractivity contribution in [2.75, 3.05) is 25.0 Å². The van der Waals surface area contributed by atoms with Crippen LogP contribution in [0, 0.1) is 0 Å². The molecular formula is C18H15ClN6O. The Morgan fingerprint density at radius 3 is 2.81 bits per heavy atom. The van der Waals surface area contributed by atoms with Crippen LogP contribution in [-0.2, 0) is 4.79 Å². The highest BCUT2D eigenvalue weighted by molar-refractivity contribution is 6.32. The van der Waals surface area contributed by atoms with E-state index in [-0.39, 0.29) is 18.9 Å². The van der Waals surface area contributed by atoms with Crippen molar-refractivity contribution in [3.63, 3.8) is 0 Å². The number of carbonyl (C=O) groups excluding carboxylic acids is 1. The summed E-state index contributed by atoms with van der Waals surface area (Å²) in [6, 6.07) is 15.3. The molecule has 7 nitrogen and oxygen atoms in total. The third kappa shape index (κ3) is 4.27. The van der Waals surface area contributed by atoms with Crippen molar-refractivity contribution in [1.29, 1.82) is 0 Å². The average molecular weight is 367 g/mol. The third-order valence-electron chi connectivity index (χ3n) is 3.71. The first-order valence-electron chi connectivity index (χ1n) is 7.90. The van der Waals surface area contributed by atoms with Gasteiger partial charge in [-0.15, -0.1) is 0 Å². The smallest absolute Gasteiger partial charge is 0.160 e. The molecule has 0 bridgehead atoms. The van der Waals surface area contributed by atoms with Gasteiger partial charge in [-0.25, -0.2) is 0 Å². The molecule has 130 valence electrons. The van der Waals surface area contributed by atoms with Gasteiger partial charge in [0.2, 0.25) is 0 Å². The number of fused-ring (bicyclic) bond motifs is 1. The minimum Gasteiger partial charge on any atom is -0.342 e. The van der Waals surface area contributed by atoms with Crippen LogP contribution in [0.3, 0.4) is 0 Å².